The second-order valence-corrected chi connectivity index (χ2v) is 7.15. The van der Waals surface area contributed by atoms with Crippen LogP contribution < -0.4 is 10.1 Å². The van der Waals surface area contributed by atoms with Crippen LogP contribution >= 0.6 is 0 Å². The standard InChI is InChI=1S/C21H20F2N6O2/c1-12(2)31-18-9-19-26-15(17-7-8-24-28(17)3)10-29(19)11-16(18)27-21(30)14-6-4-5-13(25-14)20(22)23/h4-12,20H,1-3H3,(H,27,30). The number of hydrogen-bond acceptors (Lipinski definition) is 5. The van der Waals surface area contributed by atoms with E-state index in [9.17, 15) is 13.6 Å². The van der Waals surface area contributed by atoms with Gasteiger partial charge < -0.3 is 14.5 Å². The molecule has 0 bridgehead atoms. The van der Waals surface area contributed by atoms with Crippen LogP contribution in [0, 0.1) is 0 Å². The molecule has 8 nitrogen and oxygen atoms in total. The van der Waals surface area contributed by atoms with Crippen LogP contribution in [0.1, 0.15) is 36.5 Å². The number of halogens is 2. The lowest BCUT2D eigenvalue weighted by atomic mass is 10.2. The lowest BCUT2D eigenvalue weighted by Gasteiger charge is -2.15. The van der Waals surface area contributed by atoms with Crippen LogP contribution in [-0.2, 0) is 7.05 Å². The minimum absolute atomic E-state index is 0.116. The van der Waals surface area contributed by atoms with E-state index in [4.69, 9.17) is 4.74 Å². The highest BCUT2D eigenvalue weighted by molar-refractivity contribution is 6.03. The molecule has 4 aromatic heterocycles. The smallest absolute Gasteiger partial charge is 0.280 e. The van der Waals surface area contributed by atoms with Gasteiger partial charge in [0.25, 0.3) is 12.3 Å². The number of hydrogen-bond donors (Lipinski definition) is 1. The van der Waals surface area contributed by atoms with Crippen LogP contribution in [0.4, 0.5) is 14.5 Å². The molecule has 0 fully saturated rings. The number of alkyl halides is 2. The van der Waals surface area contributed by atoms with E-state index in [1.165, 1.54) is 18.2 Å². The van der Waals surface area contributed by atoms with Gasteiger partial charge in [0, 0.05) is 31.7 Å². The van der Waals surface area contributed by atoms with Crippen molar-refractivity contribution in [1.82, 2.24) is 24.1 Å². The van der Waals surface area contributed by atoms with Crippen molar-refractivity contribution in [3.63, 3.8) is 0 Å². The zero-order valence-electron chi connectivity index (χ0n) is 17.1. The maximum Gasteiger partial charge on any atom is 0.280 e. The lowest BCUT2D eigenvalue weighted by Crippen LogP contribution is -2.17. The zero-order valence-corrected chi connectivity index (χ0v) is 17.1. The molecule has 0 spiro atoms. The third-order valence-corrected chi connectivity index (χ3v) is 4.48. The van der Waals surface area contributed by atoms with E-state index < -0.39 is 18.0 Å². The van der Waals surface area contributed by atoms with Gasteiger partial charge >= 0.3 is 0 Å². The van der Waals surface area contributed by atoms with E-state index in [-0.39, 0.29) is 11.8 Å². The largest absolute Gasteiger partial charge is 0.489 e. The molecule has 0 aliphatic heterocycles. The molecule has 0 atom stereocenters. The molecule has 4 rings (SSSR count). The second kappa shape index (κ2) is 8.13. The summed E-state index contributed by atoms with van der Waals surface area (Å²) >= 11 is 0. The van der Waals surface area contributed by atoms with Crippen molar-refractivity contribution < 1.29 is 18.3 Å². The van der Waals surface area contributed by atoms with Crippen molar-refractivity contribution in [2.45, 2.75) is 26.4 Å². The first kappa shape index (κ1) is 20.5. The number of fused-ring (bicyclic) bond motifs is 1. The van der Waals surface area contributed by atoms with Gasteiger partial charge in [0.1, 0.15) is 34.2 Å². The Kier molecular flexibility index (Phi) is 5.37. The van der Waals surface area contributed by atoms with Crippen LogP contribution in [0.2, 0.25) is 0 Å². The number of nitrogens with one attached hydrogen (secondary N) is 1. The Hall–Kier alpha value is -3.82. The molecule has 1 amide bonds. The number of carbonyl (C=O) groups is 1. The molecule has 0 radical (unpaired) electrons. The predicted molar refractivity (Wildman–Crippen MR) is 110 cm³/mol. The van der Waals surface area contributed by atoms with Gasteiger partial charge in [-0.25, -0.2) is 18.7 Å². The van der Waals surface area contributed by atoms with Gasteiger partial charge in [0.15, 0.2) is 0 Å². The molecule has 0 saturated heterocycles. The number of nitrogens with zero attached hydrogens (tertiary/aromatic N) is 5. The molecular weight excluding hydrogens is 406 g/mol. The quantitative estimate of drug-likeness (QED) is 0.502. The average Bonchev–Trinajstić information content (AvgIpc) is 3.33. The summed E-state index contributed by atoms with van der Waals surface area (Å²) in [6, 6.07) is 7.47. The van der Waals surface area contributed by atoms with Crippen LogP contribution in [-0.4, -0.2) is 36.2 Å². The summed E-state index contributed by atoms with van der Waals surface area (Å²) in [4.78, 5) is 21.0. The molecule has 4 aromatic rings. The Labute approximate surface area is 176 Å². The Bertz CT molecular complexity index is 1250. The van der Waals surface area contributed by atoms with Crippen molar-refractivity contribution >= 4 is 17.2 Å². The highest BCUT2D eigenvalue weighted by atomic mass is 19.3. The number of imidazole rings is 1. The normalized spacial score (nSPS) is 11.5. The first-order valence-electron chi connectivity index (χ1n) is 9.56. The SMILES string of the molecule is CC(C)Oc1cc2nc(-c3ccnn3C)cn2cc1NC(=O)c1cccc(C(F)F)n1. The number of amides is 1. The molecule has 0 aliphatic carbocycles. The van der Waals surface area contributed by atoms with E-state index in [0.717, 1.165) is 5.69 Å². The maximum absolute atomic E-state index is 12.9. The van der Waals surface area contributed by atoms with E-state index in [1.54, 1.807) is 33.7 Å². The second-order valence-electron chi connectivity index (χ2n) is 7.15. The van der Waals surface area contributed by atoms with Crippen LogP contribution in [0.3, 0.4) is 0 Å². The highest BCUT2D eigenvalue weighted by Gasteiger charge is 2.18. The van der Waals surface area contributed by atoms with Gasteiger partial charge in [-0.05, 0) is 32.0 Å². The fourth-order valence-corrected chi connectivity index (χ4v) is 3.10. The van der Waals surface area contributed by atoms with Crippen molar-refractivity contribution in [3.05, 3.63) is 60.3 Å². The minimum atomic E-state index is -2.76. The minimum Gasteiger partial charge on any atom is -0.489 e. The van der Waals surface area contributed by atoms with Gasteiger partial charge in [-0.15, -0.1) is 0 Å². The third-order valence-electron chi connectivity index (χ3n) is 4.48. The first-order valence-corrected chi connectivity index (χ1v) is 9.56. The number of carbonyl (C=O) groups excluding carboxylic acids is 1. The number of rotatable bonds is 6. The van der Waals surface area contributed by atoms with Crippen molar-refractivity contribution in [3.8, 4) is 17.1 Å². The summed E-state index contributed by atoms with van der Waals surface area (Å²) in [6.07, 6.45) is 2.22. The first-order chi connectivity index (χ1) is 14.8. The van der Waals surface area contributed by atoms with Gasteiger partial charge in [0.05, 0.1) is 11.8 Å². The fraction of sp³-hybridized carbons (Fsp3) is 0.238. The molecule has 0 aromatic carbocycles. The Morgan fingerprint density at radius 1 is 1.16 bits per heavy atom. The van der Waals surface area contributed by atoms with Gasteiger partial charge in [0.2, 0.25) is 0 Å². The summed E-state index contributed by atoms with van der Waals surface area (Å²) in [5.41, 5.74) is 1.93. The van der Waals surface area contributed by atoms with Crippen LogP contribution in [0.15, 0.2) is 48.9 Å². The number of aryl methyl sites for hydroxylation is 1. The van der Waals surface area contributed by atoms with Crippen molar-refractivity contribution in [1.29, 1.82) is 0 Å². The van der Waals surface area contributed by atoms with E-state index in [1.807, 2.05) is 27.0 Å². The van der Waals surface area contributed by atoms with Crippen molar-refractivity contribution in [2.75, 3.05) is 5.32 Å². The summed E-state index contributed by atoms with van der Waals surface area (Å²) in [5.74, 6) is -0.217. The molecule has 31 heavy (non-hydrogen) atoms. The summed E-state index contributed by atoms with van der Waals surface area (Å²) in [7, 11) is 1.82. The van der Waals surface area contributed by atoms with Gasteiger partial charge in [-0.1, -0.05) is 6.07 Å². The number of aromatic nitrogens is 5. The Balaban J connectivity index is 1.72. The van der Waals surface area contributed by atoms with E-state index in [0.29, 0.717) is 22.8 Å². The third kappa shape index (κ3) is 4.23. The van der Waals surface area contributed by atoms with Crippen molar-refractivity contribution in [2.24, 2.45) is 7.05 Å². The Morgan fingerprint density at radius 2 is 1.97 bits per heavy atom. The molecule has 160 valence electrons. The van der Waals surface area contributed by atoms with Gasteiger partial charge in [-0.2, -0.15) is 5.10 Å². The molecule has 10 heteroatoms. The van der Waals surface area contributed by atoms with Gasteiger partial charge in [-0.3, -0.25) is 9.48 Å². The fourth-order valence-electron chi connectivity index (χ4n) is 3.10. The molecule has 0 saturated carbocycles. The monoisotopic (exact) mass is 426 g/mol. The summed E-state index contributed by atoms with van der Waals surface area (Å²) in [6.45, 7) is 3.71. The molecule has 4 heterocycles. The maximum atomic E-state index is 12.9. The zero-order chi connectivity index (χ0) is 22.1. The summed E-state index contributed by atoms with van der Waals surface area (Å²) < 4.78 is 35.2. The predicted octanol–water partition coefficient (Wildman–Crippen LogP) is 4.11. The number of pyridine rings is 2. The average molecular weight is 426 g/mol. The highest BCUT2D eigenvalue weighted by Crippen LogP contribution is 2.29. The lowest BCUT2D eigenvalue weighted by molar-refractivity contribution is 0.101. The number of anilines is 1. The molecule has 0 unspecified atom stereocenters. The van der Waals surface area contributed by atoms with E-state index in [2.05, 4.69) is 20.4 Å². The molecule has 0 aliphatic rings. The topological polar surface area (TPSA) is 86.3 Å². The Morgan fingerprint density at radius 3 is 2.65 bits per heavy atom. The summed E-state index contributed by atoms with van der Waals surface area (Å²) in [5, 5.41) is 6.86. The molecule has 1 N–H and O–H groups in total. The molecular formula is C21H20F2N6O2. The van der Waals surface area contributed by atoms with Crippen LogP contribution in [0.5, 0.6) is 5.75 Å². The van der Waals surface area contributed by atoms with E-state index >= 15 is 0 Å². The van der Waals surface area contributed by atoms with Crippen LogP contribution in [0.25, 0.3) is 17.0 Å². The number of ether oxygens (including phenoxy) is 1.